The van der Waals surface area contributed by atoms with Crippen LogP contribution in [-0.2, 0) is 11.4 Å². The minimum Gasteiger partial charge on any atom is -0.488 e. The van der Waals surface area contributed by atoms with Gasteiger partial charge in [0.1, 0.15) is 24.0 Å². The van der Waals surface area contributed by atoms with E-state index in [1.807, 2.05) is 48.5 Å². The molecule has 0 atom stereocenters. The summed E-state index contributed by atoms with van der Waals surface area (Å²) in [5, 5.41) is 12.5. The highest BCUT2D eigenvalue weighted by Crippen LogP contribution is 2.27. The number of halogens is 2. The van der Waals surface area contributed by atoms with Gasteiger partial charge in [0.05, 0.1) is 0 Å². The van der Waals surface area contributed by atoms with E-state index in [1.54, 1.807) is 6.08 Å². The summed E-state index contributed by atoms with van der Waals surface area (Å²) < 4.78 is 7.99. The number of carbonyl (C=O) groups is 1. The second-order valence-electron chi connectivity index (χ2n) is 6.72. The average Bonchev–Trinajstić information content (AvgIpc) is 3.19. The quantitative estimate of drug-likeness (QED) is 0.289. The number of hydrogen-bond donors (Lipinski definition) is 1. The summed E-state index contributed by atoms with van der Waals surface area (Å²) in [6, 6.07) is 15.9. The van der Waals surface area contributed by atoms with Gasteiger partial charge in [0.2, 0.25) is 0 Å². The van der Waals surface area contributed by atoms with Crippen LogP contribution in [-0.4, -0.2) is 11.9 Å². The summed E-state index contributed by atoms with van der Waals surface area (Å²) in [7, 11) is 0. The third-order valence-electron chi connectivity index (χ3n) is 4.63. The number of ether oxygens (including phenoxy) is 1. The van der Waals surface area contributed by atoms with Crippen molar-refractivity contribution >= 4 is 50.5 Å². The fraction of sp³-hybridized carbons (Fsp3) is 0.273. The molecule has 0 saturated heterocycles. The maximum absolute atomic E-state index is 12.5. The Morgan fingerprint density at radius 1 is 1.25 bits per heavy atom. The molecular formula is C22H20BrIN2O2. The van der Waals surface area contributed by atoms with Crippen molar-refractivity contribution in [2.45, 2.75) is 38.3 Å². The van der Waals surface area contributed by atoms with Crippen molar-refractivity contribution in [2.75, 3.05) is 0 Å². The number of nitriles is 1. The van der Waals surface area contributed by atoms with E-state index in [9.17, 15) is 10.1 Å². The first kappa shape index (κ1) is 20.9. The van der Waals surface area contributed by atoms with Crippen molar-refractivity contribution in [2.24, 2.45) is 0 Å². The molecule has 4 nitrogen and oxygen atoms in total. The van der Waals surface area contributed by atoms with Crippen LogP contribution in [0.15, 0.2) is 52.5 Å². The van der Waals surface area contributed by atoms with Crippen LogP contribution < -0.4 is 10.1 Å². The van der Waals surface area contributed by atoms with E-state index in [2.05, 4.69) is 43.8 Å². The second kappa shape index (κ2) is 10.1. The highest BCUT2D eigenvalue weighted by Gasteiger charge is 2.19. The lowest BCUT2D eigenvalue weighted by molar-refractivity contribution is -0.117. The van der Waals surface area contributed by atoms with E-state index in [4.69, 9.17) is 4.74 Å². The monoisotopic (exact) mass is 550 g/mol. The Bertz CT molecular complexity index is 913. The molecule has 144 valence electrons. The molecule has 1 N–H and O–H groups in total. The molecule has 1 aliphatic rings. The maximum atomic E-state index is 12.5. The van der Waals surface area contributed by atoms with Gasteiger partial charge in [0.15, 0.2) is 0 Å². The highest BCUT2D eigenvalue weighted by atomic mass is 127. The predicted molar refractivity (Wildman–Crippen MR) is 122 cm³/mol. The zero-order valence-electron chi connectivity index (χ0n) is 15.3. The van der Waals surface area contributed by atoms with Crippen molar-refractivity contribution in [1.82, 2.24) is 5.32 Å². The van der Waals surface area contributed by atoms with Crippen LogP contribution in [0.5, 0.6) is 5.75 Å². The summed E-state index contributed by atoms with van der Waals surface area (Å²) in [6.45, 7) is 0.412. The molecule has 0 spiro atoms. The molecule has 1 amide bonds. The number of hydrogen-bond acceptors (Lipinski definition) is 3. The molecule has 0 aromatic heterocycles. The average molecular weight is 551 g/mol. The van der Waals surface area contributed by atoms with Crippen LogP contribution >= 0.6 is 38.5 Å². The minimum absolute atomic E-state index is 0.0871. The first-order valence-electron chi connectivity index (χ1n) is 9.14. The van der Waals surface area contributed by atoms with Crippen LogP contribution in [0.1, 0.15) is 36.8 Å². The largest absolute Gasteiger partial charge is 0.488 e. The van der Waals surface area contributed by atoms with Gasteiger partial charge in [-0.1, -0.05) is 40.9 Å². The molecule has 28 heavy (non-hydrogen) atoms. The highest BCUT2D eigenvalue weighted by molar-refractivity contribution is 14.1. The fourth-order valence-electron chi connectivity index (χ4n) is 3.14. The standard InChI is InChI=1S/C22H20BrIN2O2/c23-18-7-10-21(28-14-15-5-8-19(24)9-6-15)16(12-18)11-17(13-25)22(27)26-20-3-1-2-4-20/h5-12,20H,1-4,14H2,(H,26,27)/b17-11-. The summed E-state index contributed by atoms with van der Waals surface area (Å²) in [4.78, 5) is 12.5. The van der Waals surface area contributed by atoms with E-state index in [0.717, 1.165) is 35.7 Å². The number of amides is 1. The van der Waals surface area contributed by atoms with Crippen LogP contribution in [0.2, 0.25) is 0 Å². The molecule has 0 aliphatic heterocycles. The Balaban J connectivity index is 1.78. The Morgan fingerprint density at radius 3 is 2.64 bits per heavy atom. The smallest absolute Gasteiger partial charge is 0.262 e. The first-order valence-corrected chi connectivity index (χ1v) is 11.0. The van der Waals surface area contributed by atoms with Gasteiger partial charge in [0, 0.05) is 19.6 Å². The third-order valence-corrected chi connectivity index (χ3v) is 5.85. The number of nitrogens with one attached hydrogen (secondary N) is 1. The molecule has 2 aromatic carbocycles. The Kier molecular flexibility index (Phi) is 7.51. The van der Waals surface area contributed by atoms with Crippen molar-refractivity contribution < 1.29 is 9.53 Å². The van der Waals surface area contributed by atoms with Gasteiger partial charge in [0.25, 0.3) is 5.91 Å². The Labute approximate surface area is 187 Å². The fourth-order valence-corrected chi connectivity index (χ4v) is 3.88. The second-order valence-corrected chi connectivity index (χ2v) is 8.88. The molecule has 2 aromatic rings. The molecule has 1 fully saturated rings. The van der Waals surface area contributed by atoms with Crippen LogP contribution in [0.3, 0.4) is 0 Å². The molecule has 3 rings (SSSR count). The SMILES string of the molecule is N#C/C(=C/c1cc(Br)ccc1OCc1ccc(I)cc1)C(=O)NC1CCCC1. The zero-order chi connectivity index (χ0) is 19.9. The van der Waals surface area contributed by atoms with Gasteiger partial charge in [-0.3, -0.25) is 4.79 Å². The summed E-state index contributed by atoms with van der Waals surface area (Å²) in [6.07, 6.45) is 5.80. The molecule has 0 radical (unpaired) electrons. The number of carbonyl (C=O) groups excluding carboxylic acids is 1. The first-order chi connectivity index (χ1) is 13.5. The lowest BCUT2D eigenvalue weighted by Gasteiger charge is -2.12. The molecular weight excluding hydrogens is 531 g/mol. The van der Waals surface area contributed by atoms with Gasteiger partial charge in [-0.25, -0.2) is 0 Å². The van der Waals surface area contributed by atoms with Crippen LogP contribution in [0, 0.1) is 14.9 Å². The van der Waals surface area contributed by atoms with Gasteiger partial charge in [-0.2, -0.15) is 5.26 Å². The van der Waals surface area contributed by atoms with E-state index < -0.39 is 0 Å². The lowest BCUT2D eigenvalue weighted by atomic mass is 10.1. The van der Waals surface area contributed by atoms with Gasteiger partial charge in [-0.05, 0) is 77.4 Å². The summed E-state index contributed by atoms with van der Waals surface area (Å²) in [5.41, 5.74) is 1.83. The Hall–Kier alpha value is -1.85. The Morgan fingerprint density at radius 2 is 1.96 bits per heavy atom. The molecule has 6 heteroatoms. The van der Waals surface area contributed by atoms with Gasteiger partial charge < -0.3 is 10.1 Å². The molecule has 0 bridgehead atoms. The van der Waals surface area contributed by atoms with E-state index in [0.29, 0.717) is 17.9 Å². The minimum atomic E-state index is -0.321. The molecule has 1 aliphatic carbocycles. The van der Waals surface area contributed by atoms with E-state index in [1.165, 1.54) is 3.57 Å². The summed E-state index contributed by atoms with van der Waals surface area (Å²) in [5.74, 6) is 0.307. The van der Waals surface area contributed by atoms with Crippen LogP contribution in [0.4, 0.5) is 0 Å². The van der Waals surface area contributed by atoms with Crippen molar-refractivity contribution in [3.63, 3.8) is 0 Å². The van der Waals surface area contributed by atoms with Crippen molar-refractivity contribution in [3.05, 3.63) is 67.2 Å². The summed E-state index contributed by atoms with van der Waals surface area (Å²) >= 11 is 5.71. The topological polar surface area (TPSA) is 62.1 Å². The number of rotatable bonds is 6. The van der Waals surface area contributed by atoms with Crippen molar-refractivity contribution in [3.8, 4) is 11.8 Å². The van der Waals surface area contributed by atoms with E-state index >= 15 is 0 Å². The third kappa shape index (κ3) is 5.82. The zero-order valence-corrected chi connectivity index (χ0v) is 19.0. The molecule has 0 unspecified atom stereocenters. The van der Waals surface area contributed by atoms with Gasteiger partial charge >= 0.3 is 0 Å². The van der Waals surface area contributed by atoms with Gasteiger partial charge in [-0.15, -0.1) is 0 Å². The number of benzene rings is 2. The lowest BCUT2D eigenvalue weighted by Crippen LogP contribution is -2.33. The molecule has 0 heterocycles. The normalized spacial score (nSPS) is 14.5. The van der Waals surface area contributed by atoms with Crippen LogP contribution in [0.25, 0.3) is 6.08 Å². The predicted octanol–water partition coefficient (Wildman–Crippen LogP) is 5.60. The molecule has 1 saturated carbocycles. The van der Waals surface area contributed by atoms with E-state index in [-0.39, 0.29) is 17.5 Å². The van der Waals surface area contributed by atoms with Crippen molar-refractivity contribution in [1.29, 1.82) is 5.26 Å². The number of nitrogens with zero attached hydrogens (tertiary/aromatic N) is 1. The maximum Gasteiger partial charge on any atom is 0.262 e.